The molecular weight excluding hydrogens is 414 g/mol. The average Bonchev–Trinajstić information content (AvgIpc) is 3.18. The van der Waals surface area contributed by atoms with Gasteiger partial charge in [0.1, 0.15) is 0 Å². The summed E-state index contributed by atoms with van der Waals surface area (Å²) < 4.78 is 40.6. The quantitative estimate of drug-likeness (QED) is 0.536. The summed E-state index contributed by atoms with van der Waals surface area (Å²) in [6.45, 7) is 5.51. The Morgan fingerprint density at radius 2 is 1.86 bits per heavy atom. The zero-order valence-electron chi connectivity index (χ0n) is 17.4. The maximum absolute atomic E-state index is 13.1. The third-order valence-electron chi connectivity index (χ3n) is 5.82. The minimum absolute atomic E-state index is 0.0178. The van der Waals surface area contributed by atoms with Crippen molar-refractivity contribution in [2.45, 2.75) is 51.2 Å². The molecule has 0 saturated carbocycles. The first-order valence-electron chi connectivity index (χ1n) is 10.9. The summed E-state index contributed by atoms with van der Waals surface area (Å²) in [5.41, 5.74) is 0. The first-order valence-corrected chi connectivity index (χ1v) is 13.4. The van der Waals surface area contributed by atoms with Gasteiger partial charge in [-0.25, -0.2) is 0 Å². The molecule has 1 amide bonds. The molecule has 0 bridgehead atoms. The molecule has 1 N–H and O–H groups in total. The highest BCUT2D eigenvalue weighted by molar-refractivity contribution is 7.99. The molecule has 0 aromatic rings. The molecule has 1 spiro atoms. The van der Waals surface area contributed by atoms with Crippen LogP contribution in [0.4, 0.5) is 0 Å². The van der Waals surface area contributed by atoms with Crippen molar-refractivity contribution in [3.63, 3.8) is 0 Å². The van der Waals surface area contributed by atoms with E-state index < -0.39 is 16.0 Å². The minimum atomic E-state index is -3.56. The van der Waals surface area contributed by atoms with E-state index in [4.69, 9.17) is 9.47 Å². The highest BCUT2D eigenvalue weighted by Crippen LogP contribution is 2.33. The van der Waals surface area contributed by atoms with E-state index in [9.17, 15) is 13.2 Å². The van der Waals surface area contributed by atoms with Crippen LogP contribution in [-0.4, -0.2) is 86.2 Å². The monoisotopic (exact) mass is 449 g/mol. The Morgan fingerprint density at radius 3 is 2.55 bits per heavy atom. The van der Waals surface area contributed by atoms with Crippen molar-refractivity contribution in [2.24, 2.45) is 5.92 Å². The van der Waals surface area contributed by atoms with E-state index in [0.29, 0.717) is 58.7 Å². The van der Waals surface area contributed by atoms with Gasteiger partial charge in [0, 0.05) is 45.6 Å². The van der Waals surface area contributed by atoms with Gasteiger partial charge in [0.2, 0.25) is 5.91 Å². The minimum Gasteiger partial charge on any atom is -0.356 e. The number of thioether (sulfide) groups is 1. The van der Waals surface area contributed by atoms with Crippen molar-refractivity contribution in [1.29, 1.82) is 0 Å². The van der Waals surface area contributed by atoms with Crippen molar-refractivity contribution in [3.05, 3.63) is 0 Å². The van der Waals surface area contributed by atoms with Gasteiger partial charge in [0.05, 0.1) is 19.1 Å². The first kappa shape index (κ1) is 23.3. The molecule has 0 aliphatic carbocycles. The number of nitrogens with one attached hydrogen (secondary N) is 1. The van der Waals surface area contributed by atoms with Crippen LogP contribution in [0.3, 0.4) is 0 Å². The maximum atomic E-state index is 13.1. The second-order valence-corrected chi connectivity index (χ2v) is 11.1. The highest BCUT2D eigenvalue weighted by Gasteiger charge is 2.44. The number of hydrogen-bond donors (Lipinski definition) is 1. The van der Waals surface area contributed by atoms with Gasteiger partial charge in [-0.1, -0.05) is 6.92 Å². The zero-order valence-corrected chi connectivity index (χ0v) is 19.1. The van der Waals surface area contributed by atoms with Gasteiger partial charge in [-0.05, 0) is 37.2 Å². The van der Waals surface area contributed by atoms with Gasteiger partial charge in [-0.2, -0.15) is 28.8 Å². The number of hydrogen-bond acceptors (Lipinski definition) is 6. The summed E-state index contributed by atoms with van der Waals surface area (Å²) in [7, 11) is -3.56. The molecule has 29 heavy (non-hydrogen) atoms. The summed E-state index contributed by atoms with van der Waals surface area (Å²) in [6.07, 6.45) is 4.69. The molecule has 168 valence electrons. The SMILES string of the molecule is CCCSCCCNC(=O)C1CCCN(S(=O)(=O)N2CCC3(CC2)OCCO3)C1. The van der Waals surface area contributed by atoms with E-state index in [0.717, 1.165) is 24.3 Å². The molecule has 3 heterocycles. The van der Waals surface area contributed by atoms with Crippen molar-refractivity contribution in [3.8, 4) is 0 Å². The Morgan fingerprint density at radius 1 is 1.14 bits per heavy atom. The molecule has 8 nitrogen and oxygen atoms in total. The van der Waals surface area contributed by atoms with E-state index in [-0.39, 0.29) is 18.4 Å². The van der Waals surface area contributed by atoms with E-state index >= 15 is 0 Å². The van der Waals surface area contributed by atoms with E-state index in [2.05, 4.69) is 12.2 Å². The Labute approximate surface area is 179 Å². The van der Waals surface area contributed by atoms with Crippen LogP contribution in [0.1, 0.15) is 45.4 Å². The van der Waals surface area contributed by atoms with Gasteiger partial charge in [0.25, 0.3) is 10.2 Å². The van der Waals surface area contributed by atoms with Gasteiger partial charge < -0.3 is 14.8 Å². The lowest BCUT2D eigenvalue weighted by atomic mass is 9.99. The number of piperidine rings is 2. The van der Waals surface area contributed by atoms with E-state index in [1.807, 2.05) is 11.8 Å². The summed E-state index contributed by atoms with van der Waals surface area (Å²) in [5.74, 6) is 1.32. The lowest BCUT2D eigenvalue weighted by Crippen LogP contribution is -2.54. The van der Waals surface area contributed by atoms with Crippen LogP contribution in [0, 0.1) is 5.92 Å². The molecule has 1 unspecified atom stereocenters. The van der Waals surface area contributed by atoms with Crippen molar-refractivity contribution >= 4 is 27.9 Å². The molecule has 0 radical (unpaired) electrons. The lowest BCUT2D eigenvalue weighted by molar-refractivity contribution is -0.179. The van der Waals surface area contributed by atoms with Crippen LogP contribution in [-0.2, 0) is 24.5 Å². The second-order valence-electron chi connectivity index (χ2n) is 7.97. The second kappa shape index (κ2) is 10.8. The van der Waals surface area contributed by atoms with Crippen LogP contribution in [0.15, 0.2) is 0 Å². The van der Waals surface area contributed by atoms with Crippen molar-refractivity contribution in [2.75, 3.05) is 57.4 Å². The maximum Gasteiger partial charge on any atom is 0.282 e. The van der Waals surface area contributed by atoms with Gasteiger partial charge in [-0.3, -0.25) is 4.79 Å². The predicted molar refractivity (Wildman–Crippen MR) is 114 cm³/mol. The normalized spacial score (nSPS) is 26.0. The largest absolute Gasteiger partial charge is 0.356 e. The molecule has 3 aliphatic heterocycles. The summed E-state index contributed by atoms with van der Waals surface area (Å²) in [4.78, 5) is 12.5. The third-order valence-corrected chi connectivity index (χ3v) is 9.09. The summed E-state index contributed by atoms with van der Waals surface area (Å²) in [6, 6.07) is 0. The fraction of sp³-hybridized carbons (Fsp3) is 0.947. The van der Waals surface area contributed by atoms with Gasteiger partial charge in [0.15, 0.2) is 5.79 Å². The molecule has 3 rings (SSSR count). The van der Waals surface area contributed by atoms with Gasteiger partial charge >= 0.3 is 0 Å². The van der Waals surface area contributed by atoms with Crippen LogP contribution in [0.2, 0.25) is 0 Å². The molecule has 3 saturated heterocycles. The molecule has 0 aromatic heterocycles. The molecule has 3 aliphatic rings. The van der Waals surface area contributed by atoms with Crippen LogP contribution in [0.5, 0.6) is 0 Å². The smallest absolute Gasteiger partial charge is 0.282 e. The van der Waals surface area contributed by atoms with Crippen molar-refractivity contribution < 1.29 is 22.7 Å². The standard InChI is InChI=1S/C19H35N3O5S2/c1-2-14-28-15-4-8-20-18(23)17-5-3-9-22(16-17)29(24,25)21-10-6-19(7-11-21)26-12-13-27-19/h17H,2-16H2,1H3,(H,20,23). The van der Waals surface area contributed by atoms with Crippen LogP contribution in [0.25, 0.3) is 0 Å². The number of carbonyl (C=O) groups is 1. The summed E-state index contributed by atoms with van der Waals surface area (Å²) >= 11 is 1.90. The number of rotatable bonds is 9. The Hall–Kier alpha value is -0.390. The van der Waals surface area contributed by atoms with Crippen LogP contribution < -0.4 is 5.32 Å². The molecular formula is C19H35N3O5S2. The van der Waals surface area contributed by atoms with Crippen LogP contribution >= 0.6 is 11.8 Å². The fourth-order valence-corrected chi connectivity index (χ4v) is 6.69. The first-order chi connectivity index (χ1) is 14.0. The molecule has 3 fully saturated rings. The van der Waals surface area contributed by atoms with Gasteiger partial charge in [-0.15, -0.1) is 0 Å². The Bertz CT molecular complexity index is 630. The number of amides is 1. The average molecular weight is 450 g/mol. The molecule has 1 atom stereocenters. The van der Waals surface area contributed by atoms with E-state index in [1.54, 1.807) is 0 Å². The number of nitrogens with zero attached hydrogens (tertiary/aromatic N) is 2. The Balaban J connectivity index is 1.46. The van der Waals surface area contributed by atoms with E-state index in [1.165, 1.54) is 15.0 Å². The fourth-order valence-electron chi connectivity index (χ4n) is 4.15. The number of carbonyl (C=O) groups excluding carboxylic acids is 1. The molecule has 0 aromatic carbocycles. The molecule has 10 heteroatoms. The Kier molecular flexibility index (Phi) is 8.64. The highest BCUT2D eigenvalue weighted by atomic mass is 32.2. The summed E-state index contributed by atoms with van der Waals surface area (Å²) in [5, 5.41) is 2.99. The zero-order chi connectivity index (χ0) is 20.7. The lowest BCUT2D eigenvalue weighted by Gasteiger charge is -2.40. The topological polar surface area (TPSA) is 88.2 Å². The number of ether oxygens (including phenoxy) is 2. The van der Waals surface area contributed by atoms with Crippen molar-refractivity contribution in [1.82, 2.24) is 13.9 Å². The predicted octanol–water partition coefficient (Wildman–Crippen LogP) is 1.43. The third kappa shape index (κ3) is 6.07.